The zero-order chi connectivity index (χ0) is 12.9. The molecule has 1 heterocycles. The number of hydrogen-bond acceptors (Lipinski definition) is 3. The summed E-state index contributed by atoms with van der Waals surface area (Å²) < 4.78 is 2.53. The number of aromatic nitrogens is 2. The van der Waals surface area contributed by atoms with Gasteiger partial charge in [0.05, 0.1) is 12.0 Å². The smallest absolute Gasteiger partial charge is 0.0950 e. The molecule has 1 N–H and O–H groups in total. The molecular weight excluding hydrogens is 230 g/mol. The van der Waals surface area contributed by atoms with E-state index in [0.717, 1.165) is 24.5 Å². The van der Waals surface area contributed by atoms with Gasteiger partial charge in [0.25, 0.3) is 0 Å². The van der Waals surface area contributed by atoms with Gasteiger partial charge in [-0.1, -0.05) is 34.6 Å². The van der Waals surface area contributed by atoms with Crippen molar-refractivity contribution in [2.75, 3.05) is 5.75 Å². The molecule has 1 aromatic rings. The predicted octanol–water partition coefficient (Wildman–Crippen LogP) is 2.91. The lowest BCUT2D eigenvalue weighted by atomic mass is 10.3. The highest BCUT2D eigenvalue weighted by molar-refractivity contribution is 8.00. The molecule has 0 bridgehead atoms. The molecule has 0 aliphatic rings. The van der Waals surface area contributed by atoms with Crippen molar-refractivity contribution in [3.05, 3.63) is 18.2 Å². The van der Waals surface area contributed by atoms with Crippen molar-refractivity contribution in [2.45, 2.75) is 58.5 Å². The Hall–Kier alpha value is -0.480. The summed E-state index contributed by atoms with van der Waals surface area (Å²) in [6.07, 6.45) is 4.07. The van der Waals surface area contributed by atoms with E-state index in [1.165, 1.54) is 0 Å². The zero-order valence-electron chi connectivity index (χ0n) is 11.7. The molecule has 0 radical (unpaired) electrons. The first-order valence-corrected chi connectivity index (χ1v) is 7.23. The standard InChI is InChI=1S/C13H25N3S/c1-11(2)14-8-12-9-16(10-15-12)6-7-17-13(3,4)5/h9-11,14H,6-8H2,1-5H3. The molecule has 0 atom stereocenters. The normalized spacial score (nSPS) is 12.4. The Labute approximate surface area is 109 Å². The van der Waals surface area contributed by atoms with Gasteiger partial charge in [0.2, 0.25) is 0 Å². The van der Waals surface area contributed by atoms with E-state index in [0.29, 0.717) is 10.8 Å². The summed E-state index contributed by atoms with van der Waals surface area (Å²) in [4.78, 5) is 4.39. The van der Waals surface area contributed by atoms with Crippen molar-refractivity contribution in [1.82, 2.24) is 14.9 Å². The lowest BCUT2D eigenvalue weighted by Crippen LogP contribution is -2.21. The van der Waals surface area contributed by atoms with Crippen molar-refractivity contribution in [3.8, 4) is 0 Å². The van der Waals surface area contributed by atoms with Gasteiger partial charge in [-0.15, -0.1) is 0 Å². The summed E-state index contributed by atoms with van der Waals surface area (Å²) in [6, 6.07) is 0.511. The highest BCUT2D eigenvalue weighted by atomic mass is 32.2. The fourth-order valence-electron chi connectivity index (χ4n) is 1.39. The van der Waals surface area contributed by atoms with Crippen molar-refractivity contribution < 1.29 is 0 Å². The maximum Gasteiger partial charge on any atom is 0.0950 e. The molecule has 0 aliphatic heterocycles. The van der Waals surface area contributed by atoms with Crippen LogP contribution in [-0.4, -0.2) is 26.1 Å². The highest BCUT2D eigenvalue weighted by Crippen LogP contribution is 2.22. The Morgan fingerprint density at radius 1 is 1.41 bits per heavy atom. The van der Waals surface area contributed by atoms with Crippen molar-refractivity contribution in [1.29, 1.82) is 0 Å². The van der Waals surface area contributed by atoms with Gasteiger partial charge >= 0.3 is 0 Å². The molecule has 0 fully saturated rings. The number of imidazole rings is 1. The van der Waals surface area contributed by atoms with Crippen LogP contribution in [-0.2, 0) is 13.1 Å². The van der Waals surface area contributed by atoms with E-state index in [1.54, 1.807) is 0 Å². The SMILES string of the molecule is CC(C)NCc1cn(CCSC(C)(C)C)cn1. The molecule has 0 saturated carbocycles. The number of nitrogens with one attached hydrogen (secondary N) is 1. The van der Waals surface area contributed by atoms with Crippen LogP contribution < -0.4 is 5.32 Å². The van der Waals surface area contributed by atoms with Gasteiger partial charge in [-0.25, -0.2) is 4.98 Å². The highest BCUT2D eigenvalue weighted by Gasteiger charge is 2.09. The first kappa shape index (κ1) is 14.6. The van der Waals surface area contributed by atoms with Crippen LogP contribution in [0, 0.1) is 0 Å². The molecule has 0 spiro atoms. The van der Waals surface area contributed by atoms with E-state index < -0.39 is 0 Å². The second-order valence-corrected chi connectivity index (χ2v) is 7.52. The van der Waals surface area contributed by atoms with Gasteiger partial charge in [0.1, 0.15) is 0 Å². The van der Waals surface area contributed by atoms with E-state index in [2.05, 4.69) is 55.7 Å². The molecule has 1 rings (SSSR count). The van der Waals surface area contributed by atoms with Crippen LogP contribution in [0.15, 0.2) is 12.5 Å². The molecule has 0 aliphatic carbocycles. The largest absolute Gasteiger partial charge is 0.336 e. The number of rotatable bonds is 6. The van der Waals surface area contributed by atoms with Crippen LogP contribution in [0.4, 0.5) is 0 Å². The Morgan fingerprint density at radius 2 is 2.12 bits per heavy atom. The van der Waals surface area contributed by atoms with Crippen LogP contribution in [0.3, 0.4) is 0 Å². The van der Waals surface area contributed by atoms with Gasteiger partial charge in [-0.05, 0) is 0 Å². The van der Waals surface area contributed by atoms with Gasteiger partial charge in [0, 0.05) is 35.8 Å². The van der Waals surface area contributed by atoms with E-state index in [4.69, 9.17) is 0 Å². The van der Waals surface area contributed by atoms with E-state index >= 15 is 0 Å². The lowest BCUT2D eigenvalue weighted by Gasteiger charge is -2.17. The fraction of sp³-hybridized carbons (Fsp3) is 0.769. The third-order valence-corrected chi connectivity index (χ3v) is 3.52. The number of aryl methyl sites for hydroxylation is 1. The first-order valence-electron chi connectivity index (χ1n) is 6.25. The van der Waals surface area contributed by atoms with Crippen molar-refractivity contribution >= 4 is 11.8 Å². The molecule has 0 amide bonds. The monoisotopic (exact) mass is 255 g/mol. The average molecular weight is 255 g/mol. The fourth-order valence-corrected chi connectivity index (χ4v) is 2.30. The van der Waals surface area contributed by atoms with Gasteiger partial charge in [0.15, 0.2) is 0 Å². The summed E-state index contributed by atoms with van der Waals surface area (Å²) in [7, 11) is 0. The van der Waals surface area contributed by atoms with Gasteiger partial charge in [-0.2, -0.15) is 11.8 Å². The second-order valence-electron chi connectivity index (χ2n) is 5.60. The molecule has 98 valence electrons. The topological polar surface area (TPSA) is 29.9 Å². The number of nitrogens with zero attached hydrogens (tertiary/aromatic N) is 2. The minimum Gasteiger partial charge on any atom is -0.336 e. The minimum atomic E-state index is 0.350. The van der Waals surface area contributed by atoms with Crippen LogP contribution in [0.5, 0.6) is 0 Å². The molecule has 3 nitrogen and oxygen atoms in total. The Bertz CT molecular complexity index is 326. The van der Waals surface area contributed by atoms with Crippen LogP contribution in [0.2, 0.25) is 0 Å². The zero-order valence-corrected chi connectivity index (χ0v) is 12.5. The molecule has 17 heavy (non-hydrogen) atoms. The molecule has 0 unspecified atom stereocenters. The van der Waals surface area contributed by atoms with Gasteiger partial charge < -0.3 is 9.88 Å². The molecule has 1 aromatic heterocycles. The summed E-state index contributed by atoms with van der Waals surface area (Å²) in [5, 5.41) is 3.37. The third kappa shape index (κ3) is 6.74. The molecular formula is C13H25N3S. The predicted molar refractivity (Wildman–Crippen MR) is 76.4 cm³/mol. The van der Waals surface area contributed by atoms with Crippen molar-refractivity contribution in [3.63, 3.8) is 0 Å². The minimum absolute atomic E-state index is 0.350. The average Bonchev–Trinajstić information content (AvgIpc) is 2.61. The second kappa shape index (κ2) is 6.45. The van der Waals surface area contributed by atoms with E-state index in [1.807, 2.05) is 18.1 Å². The lowest BCUT2D eigenvalue weighted by molar-refractivity contribution is 0.582. The number of hydrogen-bond donors (Lipinski definition) is 1. The van der Waals surface area contributed by atoms with Crippen LogP contribution in [0.25, 0.3) is 0 Å². The maximum absolute atomic E-state index is 4.39. The van der Waals surface area contributed by atoms with Crippen LogP contribution in [0.1, 0.15) is 40.3 Å². The number of thioether (sulfide) groups is 1. The Balaban J connectivity index is 2.31. The quantitative estimate of drug-likeness (QED) is 0.847. The first-order chi connectivity index (χ1) is 7.87. The van der Waals surface area contributed by atoms with E-state index in [-0.39, 0.29) is 0 Å². The Kier molecular flexibility index (Phi) is 5.53. The summed E-state index contributed by atoms with van der Waals surface area (Å²) in [5.41, 5.74) is 1.12. The molecule has 0 saturated heterocycles. The van der Waals surface area contributed by atoms with Crippen LogP contribution >= 0.6 is 11.8 Å². The van der Waals surface area contributed by atoms with Crippen molar-refractivity contribution in [2.24, 2.45) is 0 Å². The third-order valence-electron chi connectivity index (χ3n) is 2.26. The van der Waals surface area contributed by atoms with Gasteiger partial charge in [-0.3, -0.25) is 0 Å². The Morgan fingerprint density at radius 3 is 2.71 bits per heavy atom. The molecule has 0 aromatic carbocycles. The van der Waals surface area contributed by atoms with E-state index in [9.17, 15) is 0 Å². The summed E-state index contributed by atoms with van der Waals surface area (Å²) in [5.74, 6) is 1.14. The maximum atomic E-state index is 4.39. The summed E-state index contributed by atoms with van der Waals surface area (Å²) in [6.45, 7) is 13.0. The summed E-state index contributed by atoms with van der Waals surface area (Å²) >= 11 is 1.99. The molecule has 4 heteroatoms.